The van der Waals surface area contributed by atoms with Gasteiger partial charge in [-0.2, -0.15) is 0 Å². The van der Waals surface area contributed by atoms with Crippen molar-refractivity contribution in [1.82, 2.24) is 9.97 Å². The minimum Gasteiger partial charge on any atom is -0.496 e. The van der Waals surface area contributed by atoms with E-state index in [1.165, 1.54) is 37.6 Å². The minimum absolute atomic E-state index is 0.0194. The molecule has 0 aliphatic carbocycles. The molecule has 0 bridgehead atoms. The molecular formula is C13H13ClN4O4. The Morgan fingerprint density at radius 2 is 2.05 bits per heavy atom. The molecule has 2 rings (SSSR count). The number of nitro benzene ring substituents is 1. The zero-order valence-corrected chi connectivity index (χ0v) is 12.6. The Labute approximate surface area is 131 Å². The van der Waals surface area contributed by atoms with Crippen molar-refractivity contribution in [3.8, 4) is 5.75 Å². The summed E-state index contributed by atoms with van der Waals surface area (Å²) in [6.07, 6.45) is 2.87. The van der Waals surface area contributed by atoms with Gasteiger partial charge in [-0.25, -0.2) is 9.97 Å². The van der Waals surface area contributed by atoms with Crippen molar-refractivity contribution in [3.05, 3.63) is 45.9 Å². The second-order valence-corrected chi connectivity index (χ2v) is 4.49. The maximum atomic E-state index is 11.3. The van der Waals surface area contributed by atoms with E-state index in [1.54, 1.807) is 12.1 Å². The van der Waals surface area contributed by atoms with Gasteiger partial charge < -0.3 is 9.47 Å². The van der Waals surface area contributed by atoms with Crippen molar-refractivity contribution in [2.45, 2.75) is 0 Å². The zero-order chi connectivity index (χ0) is 16.1. The predicted octanol–water partition coefficient (Wildman–Crippen LogP) is 2.79. The highest BCUT2D eigenvalue weighted by atomic mass is 35.5. The molecule has 2 aromatic rings. The topological polar surface area (TPSA) is 90.6 Å². The highest BCUT2D eigenvalue weighted by molar-refractivity contribution is 6.31. The lowest BCUT2D eigenvalue weighted by molar-refractivity contribution is -0.384. The second kappa shape index (κ2) is 7.01. The van der Waals surface area contributed by atoms with E-state index in [1.807, 2.05) is 0 Å². The van der Waals surface area contributed by atoms with E-state index < -0.39 is 4.92 Å². The highest BCUT2D eigenvalue weighted by Gasteiger charge is 2.24. The van der Waals surface area contributed by atoms with Gasteiger partial charge in [0, 0.05) is 19.5 Å². The van der Waals surface area contributed by atoms with Crippen molar-refractivity contribution in [3.63, 3.8) is 0 Å². The second-order valence-electron chi connectivity index (χ2n) is 4.13. The molecule has 8 nitrogen and oxygen atoms in total. The molecule has 0 radical (unpaired) electrons. The van der Waals surface area contributed by atoms with Crippen LogP contribution in [0.1, 0.15) is 0 Å². The number of aromatic nitrogens is 2. The lowest BCUT2D eigenvalue weighted by atomic mass is 10.2. The third-order valence-corrected chi connectivity index (χ3v) is 3.09. The minimum atomic E-state index is -0.509. The molecule has 1 heterocycles. The van der Waals surface area contributed by atoms with Crippen molar-refractivity contribution in [1.29, 1.82) is 0 Å². The van der Waals surface area contributed by atoms with Crippen LogP contribution in [-0.2, 0) is 4.74 Å². The van der Waals surface area contributed by atoms with Crippen LogP contribution in [0.5, 0.6) is 5.75 Å². The van der Waals surface area contributed by atoms with Gasteiger partial charge in [0.2, 0.25) is 0 Å². The van der Waals surface area contributed by atoms with Gasteiger partial charge in [0.25, 0.3) is 5.69 Å². The molecule has 0 atom stereocenters. The summed E-state index contributed by atoms with van der Waals surface area (Å²) in [4.78, 5) is 20.3. The molecule has 0 aliphatic heterocycles. The van der Waals surface area contributed by atoms with Crippen molar-refractivity contribution >= 4 is 28.8 Å². The summed E-state index contributed by atoms with van der Waals surface area (Å²) in [6.45, 7) is 0.0194. The van der Waals surface area contributed by atoms with Crippen molar-refractivity contribution in [2.75, 3.05) is 25.9 Å². The van der Waals surface area contributed by atoms with Crippen LogP contribution in [0, 0.1) is 10.1 Å². The van der Waals surface area contributed by atoms with Gasteiger partial charge in [-0.3, -0.25) is 15.0 Å². The quantitative estimate of drug-likeness (QED) is 0.458. The summed E-state index contributed by atoms with van der Waals surface area (Å²) >= 11 is 6.03. The van der Waals surface area contributed by atoms with Crippen molar-refractivity contribution < 1.29 is 14.4 Å². The highest BCUT2D eigenvalue weighted by Crippen LogP contribution is 2.37. The number of nitro groups is 1. The number of benzene rings is 1. The summed E-state index contributed by atoms with van der Waals surface area (Å²) in [7, 11) is 2.90. The van der Waals surface area contributed by atoms with Crippen LogP contribution in [0.3, 0.4) is 0 Å². The number of methoxy groups -OCH3 is 2. The number of nitrogens with zero attached hydrogens (tertiary/aromatic N) is 4. The van der Waals surface area contributed by atoms with Gasteiger partial charge >= 0.3 is 0 Å². The Balaban J connectivity index is 2.58. The van der Waals surface area contributed by atoms with Crippen molar-refractivity contribution in [2.24, 2.45) is 0 Å². The van der Waals surface area contributed by atoms with Crippen LogP contribution in [0.25, 0.3) is 0 Å². The first-order valence-corrected chi connectivity index (χ1v) is 6.51. The van der Waals surface area contributed by atoms with Gasteiger partial charge in [-0.05, 0) is 12.1 Å². The Morgan fingerprint density at radius 3 is 2.64 bits per heavy atom. The van der Waals surface area contributed by atoms with E-state index in [2.05, 4.69) is 9.97 Å². The molecule has 9 heteroatoms. The van der Waals surface area contributed by atoms with E-state index >= 15 is 0 Å². The zero-order valence-electron chi connectivity index (χ0n) is 11.9. The van der Waals surface area contributed by atoms with Gasteiger partial charge in [0.05, 0.1) is 18.1 Å². The number of ether oxygens (including phenoxy) is 2. The third kappa shape index (κ3) is 3.23. The van der Waals surface area contributed by atoms with Crippen LogP contribution in [0.4, 0.5) is 17.2 Å². The average molecular weight is 325 g/mol. The molecule has 0 saturated carbocycles. The first-order valence-electron chi connectivity index (χ1n) is 6.14. The molecule has 0 fully saturated rings. The Bertz CT molecular complexity index is 683. The number of anilines is 2. The largest absolute Gasteiger partial charge is 0.496 e. The van der Waals surface area contributed by atoms with Gasteiger partial charge in [-0.15, -0.1) is 0 Å². The molecule has 0 unspecified atom stereocenters. The van der Waals surface area contributed by atoms with E-state index in [4.69, 9.17) is 21.1 Å². The summed E-state index contributed by atoms with van der Waals surface area (Å²) in [5.74, 6) is 0.636. The molecule has 1 aromatic carbocycles. The lowest BCUT2D eigenvalue weighted by Gasteiger charge is -2.23. The Kier molecular flexibility index (Phi) is 5.08. The fourth-order valence-electron chi connectivity index (χ4n) is 1.87. The molecule has 0 aliphatic rings. The van der Waals surface area contributed by atoms with E-state index in [0.717, 1.165) is 0 Å². The number of rotatable bonds is 6. The van der Waals surface area contributed by atoms with Gasteiger partial charge in [-0.1, -0.05) is 11.6 Å². The molecule has 1 aromatic heterocycles. The smallest absolute Gasteiger partial charge is 0.296 e. The molecule has 22 heavy (non-hydrogen) atoms. The molecule has 0 N–H and O–H groups in total. The van der Waals surface area contributed by atoms with E-state index in [0.29, 0.717) is 5.75 Å². The standard InChI is InChI=1S/C13H13ClN4O4/c1-21-8-17(13-12(14)15-5-6-16-13)10-4-3-9(22-2)7-11(10)18(19)20/h3-7H,8H2,1-2H3. The first kappa shape index (κ1) is 15.9. The molecule has 116 valence electrons. The molecular weight excluding hydrogens is 312 g/mol. The van der Waals surface area contributed by atoms with E-state index in [9.17, 15) is 10.1 Å². The van der Waals surface area contributed by atoms with Crippen LogP contribution in [0.2, 0.25) is 5.15 Å². The van der Waals surface area contributed by atoms with Crippen LogP contribution in [-0.4, -0.2) is 35.8 Å². The number of halogens is 1. The monoisotopic (exact) mass is 324 g/mol. The Hall–Kier alpha value is -2.45. The van der Waals surface area contributed by atoms with Crippen LogP contribution < -0.4 is 9.64 Å². The third-order valence-electron chi connectivity index (χ3n) is 2.82. The fraction of sp³-hybridized carbons (Fsp3) is 0.231. The average Bonchev–Trinajstić information content (AvgIpc) is 2.53. The maximum Gasteiger partial charge on any atom is 0.296 e. The maximum absolute atomic E-state index is 11.3. The summed E-state index contributed by atoms with van der Waals surface area (Å²) in [5, 5.41) is 11.4. The van der Waals surface area contributed by atoms with Gasteiger partial charge in [0.1, 0.15) is 18.2 Å². The molecule has 0 amide bonds. The van der Waals surface area contributed by atoms with Crippen LogP contribution >= 0.6 is 11.6 Å². The summed E-state index contributed by atoms with van der Waals surface area (Å²) in [6, 6.07) is 4.47. The lowest BCUT2D eigenvalue weighted by Crippen LogP contribution is -2.22. The summed E-state index contributed by atoms with van der Waals surface area (Å²) in [5.41, 5.74) is 0.119. The fourth-order valence-corrected chi connectivity index (χ4v) is 2.08. The van der Waals surface area contributed by atoms with Gasteiger partial charge in [0.15, 0.2) is 11.0 Å². The van der Waals surface area contributed by atoms with Crippen LogP contribution in [0.15, 0.2) is 30.6 Å². The number of hydrogen-bond donors (Lipinski definition) is 0. The SMILES string of the molecule is COCN(c1ccc(OC)cc1[N+](=O)[O-])c1nccnc1Cl. The summed E-state index contributed by atoms with van der Waals surface area (Å²) < 4.78 is 10.1. The molecule has 0 saturated heterocycles. The van der Waals surface area contributed by atoms with E-state index in [-0.39, 0.29) is 29.1 Å². The Morgan fingerprint density at radius 1 is 1.32 bits per heavy atom. The molecule has 0 spiro atoms. The normalized spacial score (nSPS) is 10.3. The predicted molar refractivity (Wildman–Crippen MR) is 80.7 cm³/mol. The first-order chi connectivity index (χ1) is 10.6. The number of hydrogen-bond acceptors (Lipinski definition) is 7.